The third-order valence-electron chi connectivity index (χ3n) is 2.12. The van der Waals surface area contributed by atoms with Gasteiger partial charge in [0.25, 0.3) is 0 Å². The first-order chi connectivity index (χ1) is 7.79. The van der Waals surface area contributed by atoms with Crippen molar-refractivity contribution in [2.24, 2.45) is 0 Å². The van der Waals surface area contributed by atoms with Crippen molar-refractivity contribution < 1.29 is 4.74 Å². The van der Waals surface area contributed by atoms with Crippen LogP contribution in [0.2, 0.25) is 0 Å². The molecule has 0 unspecified atom stereocenters. The van der Waals surface area contributed by atoms with E-state index in [0.29, 0.717) is 5.88 Å². The van der Waals surface area contributed by atoms with E-state index in [1.54, 1.807) is 0 Å². The van der Waals surface area contributed by atoms with E-state index >= 15 is 0 Å². The summed E-state index contributed by atoms with van der Waals surface area (Å²) in [4.78, 5) is 0. The summed E-state index contributed by atoms with van der Waals surface area (Å²) in [5.41, 5.74) is 1.06. The Hall–Kier alpha value is -0.740. The van der Waals surface area contributed by atoms with Gasteiger partial charge >= 0.3 is 0 Å². The number of hydrogen-bond acceptors (Lipinski definition) is 1. The minimum Gasteiger partial charge on any atom is -0.456 e. The topological polar surface area (TPSA) is 9.23 Å². The molecule has 0 aliphatic heterocycles. The molecule has 0 saturated heterocycles. The Bertz CT molecular complexity index is 485. The van der Waals surface area contributed by atoms with Crippen molar-refractivity contribution in [1.29, 1.82) is 0 Å². The molecular formula is C13H10ClIO. The molecule has 2 rings (SSSR count). The maximum atomic E-state index is 5.79. The zero-order valence-corrected chi connectivity index (χ0v) is 11.4. The number of ether oxygens (including phenoxy) is 1. The molecule has 82 valence electrons. The Kier molecular flexibility index (Phi) is 4.07. The van der Waals surface area contributed by atoms with E-state index in [0.717, 1.165) is 20.6 Å². The van der Waals surface area contributed by atoms with Crippen LogP contribution in [-0.2, 0) is 5.88 Å². The molecule has 0 N–H and O–H groups in total. The minimum absolute atomic E-state index is 0.503. The fourth-order valence-corrected chi connectivity index (χ4v) is 2.01. The van der Waals surface area contributed by atoms with Crippen molar-refractivity contribution >= 4 is 34.2 Å². The molecule has 3 heteroatoms. The van der Waals surface area contributed by atoms with Crippen LogP contribution in [0.1, 0.15) is 5.56 Å². The average molecular weight is 345 g/mol. The second-order valence-corrected chi connectivity index (χ2v) is 4.74. The predicted octanol–water partition coefficient (Wildman–Crippen LogP) is 4.82. The molecule has 0 bridgehead atoms. The molecule has 0 aliphatic carbocycles. The Morgan fingerprint density at radius 3 is 2.62 bits per heavy atom. The first kappa shape index (κ1) is 11.7. The van der Waals surface area contributed by atoms with Gasteiger partial charge in [-0.3, -0.25) is 0 Å². The minimum atomic E-state index is 0.503. The van der Waals surface area contributed by atoms with E-state index in [1.165, 1.54) is 0 Å². The maximum absolute atomic E-state index is 5.79. The van der Waals surface area contributed by atoms with Crippen LogP contribution in [0.4, 0.5) is 0 Å². The standard InChI is InChI=1S/C13H10ClIO/c14-9-10-4-3-5-11(8-10)16-13-7-2-1-6-12(13)15/h1-8H,9H2. The van der Waals surface area contributed by atoms with E-state index in [9.17, 15) is 0 Å². The van der Waals surface area contributed by atoms with E-state index in [1.807, 2.05) is 48.5 Å². The van der Waals surface area contributed by atoms with E-state index < -0.39 is 0 Å². The van der Waals surface area contributed by atoms with Crippen LogP contribution in [0, 0.1) is 3.57 Å². The molecule has 0 amide bonds. The number of halogens is 2. The van der Waals surface area contributed by atoms with Crippen LogP contribution >= 0.6 is 34.2 Å². The fraction of sp³-hybridized carbons (Fsp3) is 0.0769. The van der Waals surface area contributed by atoms with Crippen molar-refractivity contribution in [3.63, 3.8) is 0 Å². The van der Waals surface area contributed by atoms with Crippen molar-refractivity contribution in [3.8, 4) is 11.5 Å². The van der Waals surface area contributed by atoms with Crippen LogP contribution in [-0.4, -0.2) is 0 Å². The van der Waals surface area contributed by atoms with Gasteiger partial charge in [0.15, 0.2) is 0 Å². The maximum Gasteiger partial charge on any atom is 0.140 e. The molecule has 0 fully saturated rings. The zero-order chi connectivity index (χ0) is 11.4. The van der Waals surface area contributed by atoms with Gasteiger partial charge in [-0.05, 0) is 52.4 Å². The average Bonchev–Trinajstić information content (AvgIpc) is 2.32. The monoisotopic (exact) mass is 344 g/mol. The Balaban J connectivity index is 2.24. The summed E-state index contributed by atoms with van der Waals surface area (Å²) >= 11 is 8.03. The van der Waals surface area contributed by atoms with Gasteiger partial charge in [-0.25, -0.2) is 0 Å². The molecule has 0 heterocycles. The Labute approximate surface area is 114 Å². The lowest BCUT2D eigenvalue weighted by molar-refractivity contribution is 0.479. The van der Waals surface area contributed by atoms with E-state index in [2.05, 4.69) is 22.6 Å². The molecule has 2 aromatic rings. The van der Waals surface area contributed by atoms with Crippen molar-refractivity contribution in [1.82, 2.24) is 0 Å². The lowest BCUT2D eigenvalue weighted by Gasteiger charge is -2.08. The van der Waals surface area contributed by atoms with Crippen LogP contribution in [0.5, 0.6) is 11.5 Å². The molecule has 0 saturated carbocycles. The zero-order valence-electron chi connectivity index (χ0n) is 8.49. The highest BCUT2D eigenvalue weighted by atomic mass is 127. The van der Waals surface area contributed by atoms with Crippen LogP contribution in [0.3, 0.4) is 0 Å². The summed E-state index contributed by atoms with van der Waals surface area (Å²) in [7, 11) is 0. The molecule has 16 heavy (non-hydrogen) atoms. The van der Waals surface area contributed by atoms with Gasteiger partial charge in [-0.2, -0.15) is 0 Å². The van der Waals surface area contributed by atoms with Crippen molar-refractivity contribution in [3.05, 3.63) is 57.7 Å². The highest BCUT2D eigenvalue weighted by Gasteiger charge is 2.01. The smallest absolute Gasteiger partial charge is 0.140 e. The van der Waals surface area contributed by atoms with Crippen LogP contribution < -0.4 is 4.74 Å². The van der Waals surface area contributed by atoms with Gasteiger partial charge in [0.2, 0.25) is 0 Å². The molecule has 0 atom stereocenters. The second-order valence-electron chi connectivity index (χ2n) is 3.31. The van der Waals surface area contributed by atoms with E-state index in [4.69, 9.17) is 16.3 Å². The van der Waals surface area contributed by atoms with Crippen molar-refractivity contribution in [2.45, 2.75) is 5.88 Å². The largest absolute Gasteiger partial charge is 0.456 e. The lowest BCUT2D eigenvalue weighted by Crippen LogP contribution is -1.87. The highest BCUT2D eigenvalue weighted by molar-refractivity contribution is 14.1. The molecule has 0 aromatic heterocycles. The molecule has 2 aromatic carbocycles. The van der Waals surface area contributed by atoms with Gasteiger partial charge in [-0.1, -0.05) is 24.3 Å². The van der Waals surface area contributed by atoms with Gasteiger partial charge in [0, 0.05) is 5.88 Å². The summed E-state index contributed by atoms with van der Waals surface area (Å²) in [6.45, 7) is 0. The summed E-state index contributed by atoms with van der Waals surface area (Å²) in [6, 6.07) is 15.7. The fourth-order valence-electron chi connectivity index (χ4n) is 1.35. The number of alkyl halides is 1. The molecule has 0 spiro atoms. The van der Waals surface area contributed by atoms with Gasteiger partial charge < -0.3 is 4.74 Å². The summed E-state index contributed by atoms with van der Waals surface area (Å²) in [5, 5.41) is 0. The van der Waals surface area contributed by atoms with Crippen LogP contribution in [0.25, 0.3) is 0 Å². The summed E-state index contributed by atoms with van der Waals surface area (Å²) in [6.07, 6.45) is 0. The highest BCUT2D eigenvalue weighted by Crippen LogP contribution is 2.26. The number of benzene rings is 2. The van der Waals surface area contributed by atoms with E-state index in [-0.39, 0.29) is 0 Å². The van der Waals surface area contributed by atoms with Crippen LogP contribution in [0.15, 0.2) is 48.5 Å². The number of para-hydroxylation sites is 1. The predicted molar refractivity (Wildman–Crippen MR) is 75.2 cm³/mol. The van der Waals surface area contributed by atoms with Gasteiger partial charge in [-0.15, -0.1) is 11.6 Å². The third kappa shape index (κ3) is 2.89. The quantitative estimate of drug-likeness (QED) is 0.573. The lowest BCUT2D eigenvalue weighted by atomic mass is 10.2. The summed E-state index contributed by atoms with van der Waals surface area (Å²) in [5.74, 6) is 2.19. The molecule has 0 aliphatic rings. The molecule has 1 nitrogen and oxygen atoms in total. The third-order valence-corrected chi connectivity index (χ3v) is 3.32. The Morgan fingerprint density at radius 1 is 1.06 bits per heavy atom. The Morgan fingerprint density at radius 2 is 1.88 bits per heavy atom. The summed E-state index contributed by atoms with van der Waals surface area (Å²) < 4.78 is 6.88. The molecular weight excluding hydrogens is 334 g/mol. The SMILES string of the molecule is ClCc1cccc(Oc2ccccc2I)c1. The molecule has 0 radical (unpaired) electrons. The normalized spacial score (nSPS) is 10.1. The van der Waals surface area contributed by atoms with Gasteiger partial charge in [0.1, 0.15) is 11.5 Å². The number of hydrogen-bond donors (Lipinski definition) is 0. The first-order valence-corrected chi connectivity index (χ1v) is 6.48. The van der Waals surface area contributed by atoms with Crippen molar-refractivity contribution in [2.75, 3.05) is 0 Å². The first-order valence-electron chi connectivity index (χ1n) is 4.87. The second kappa shape index (κ2) is 5.55. The number of rotatable bonds is 3. The van der Waals surface area contributed by atoms with Gasteiger partial charge in [0.05, 0.1) is 3.57 Å².